The maximum atomic E-state index is 13.1. The Kier molecular flexibility index (Phi) is 5.92. The zero-order chi connectivity index (χ0) is 21.3. The predicted octanol–water partition coefficient (Wildman–Crippen LogP) is 3.96. The largest absolute Gasteiger partial charge is 0.383 e. The Morgan fingerprint density at radius 3 is 2.80 bits per heavy atom. The van der Waals surface area contributed by atoms with E-state index in [9.17, 15) is 9.59 Å². The van der Waals surface area contributed by atoms with Crippen LogP contribution in [0.1, 0.15) is 29.8 Å². The molecular weight excluding hydrogens is 398 g/mol. The molecule has 0 fully saturated rings. The van der Waals surface area contributed by atoms with Crippen LogP contribution in [0.5, 0.6) is 0 Å². The molecular formula is C23H25N3O3S. The molecule has 2 aromatic carbocycles. The highest BCUT2D eigenvalue weighted by Crippen LogP contribution is 2.32. The van der Waals surface area contributed by atoms with Gasteiger partial charge in [-0.2, -0.15) is 0 Å². The molecule has 0 saturated carbocycles. The first-order valence-corrected chi connectivity index (χ1v) is 10.9. The van der Waals surface area contributed by atoms with Gasteiger partial charge >= 0.3 is 0 Å². The van der Waals surface area contributed by atoms with E-state index in [1.165, 1.54) is 11.8 Å². The fourth-order valence-corrected chi connectivity index (χ4v) is 4.90. The minimum atomic E-state index is -0.286. The number of Topliss-reactive ketones (excluding diaryl/α,β-unsaturated/α-hetero) is 1. The second kappa shape index (κ2) is 8.62. The van der Waals surface area contributed by atoms with Crippen molar-refractivity contribution < 1.29 is 14.3 Å². The van der Waals surface area contributed by atoms with E-state index in [1.807, 2.05) is 49.4 Å². The van der Waals surface area contributed by atoms with Gasteiger partial charge in [0, 0.05) is 38.4 Å². The van der Waals surface area contributed by atoms with Crippen LogP contribution in [0.2, 0.25) is 0 Å². The van der Waals surface area contributed by atoms with Crippen LogP contribution in [0.4, 0.5) is 5.69 Å². The number of ether oxygens (including phenoxy) is 1. The number of rotatable bonds is 7. The highest BCUT2D eigenvalue weighted by Gasteiger charge is 2.25. The average Bonchev–Trinajstić information content (AvgIpc) is 3.32. The second-order valence-electron chi connectivity index (χ2n) is 7.42. The number of hydrogen-bond donors (Lipinski definition) is 0. The van der Waals surface area contributed by atoms with Crippen molar-refractivity contribution in [2.45, 2.75) is 37.2 Å². The zero-order valence-electron chi connectivity index (χ0n) is 17.4. The normalized spacial score (nSPS) is 14.2. The van der Waals surface area contributed by atoms with Crippen molar-refractivity contribution in [1.29, 1.82) is 0 Å². The number of para-hydroxylation sites is 2. The summed E-state index contributed by atoms with van der Waals surface area (Å²) in [6, 6.07) is 13.6. The first-order valence-electron chi connectivity index (χ1n) is 10.1. The average molecular weight is 424 g/mol. The number of fused-ring (bicyclic) bond motifs is 2. The van der Waals surface area contributed by atoms with E-state index >= 15 is 0 Å². The van der Waals surface area contributed by atoms with Gasteiger partial charge in [0.1, 0.15) is 0 Å². The number of benzene rings is 2. The van der Waals surface area contributed by atoms with Crippen molar-refractivity contribution in [3.8, 4) is 0 Å². The second-order valence-corrected chi connectivity index (χ2v) is 8.72. The summed E-state index contributed by atoms with van der Waals surface area (Å²) in [5.41, 5.74) is 4.61. The topological polar surface area (TPSA) is 64.4 Å². The molecule has 2 heterocycles. The number of hydrogen-bond acceptors (Lipinski definition) is 5. The molecule has 1 aromatic heterocycles. The number of imidazole rings is 1. The fraction of sp³-hybridized carbons (Fsp3) is 0.348. The molecule has 1 amide bonds. The predicted molar refractivity (Wildman–Crippen MR) is 119 cm³/mol. The summed E-state index contributed by atoms with van der Waals surface area (Å²) in [6.07, 6.45) is 0.782. The van der Waals surface area contributed by atoms with Gasteiger partial charge in [-0.3, -0.25) is 9.59 Å². The molecule has 0 radical (unpaired) electrons. The third-order valence-corrected chi connectivity index (χ3v) is 6.52. The fourth-order valence-electron chi connectivity index (χ4n) is 3.87. The summed E-state index contributed by atoms with van der Waals surface area (Å²) < 4.78 is 7.37. The molecule has 1 atom stereocenters. The van der Waals surface area contributed by atoms with Crippen molar-refractivity contribution in [1.82, 2.24) is 9.55 Å². The number of amides is 1. The Hall–Kier alpha value is -2.64. The molecule has 0 spiro atoms. The Bertz CT molecular complexity index is 1110. The summed E-state index contributed by atoms with van der Waals surface area (Å²) in [6.45, 7) is 5.43. The molecule has 3 aromatic rings. The highest BCUT2D eigenvalue weighted by atomic mass is 32.2. The third-order valence-electron chi connectivity index (χ3n) is 5.43. The summed E-state index contributed by atoms with van der Waals surface area (Å²) in [5.74, 6) is 0.0983. The number of carbonyl (C=O) groups excluding carboxylic acids is 2. The minimum Gasteiger partial charge on any atom is -0.383 e. The van der Waals surface area contributed by atoms with Gasteiger partial charge in [-0.25, -0.2) is 4.98 Å². The van der Waals surface area contributed by atoms with Crippen LogP contribution in [0.15, 0.2) is 47.6 Å². The molecule has 7 heteroatoms. The lowest BCUT2D eigenvalue weighted by molar-refractivity contribution is -0.116. The number of ketones is 1. The van der Waals surface area contributed by atoms with Crippen molar-refractivity contribution in [2.24, 2.45) is 0 Å². The monoisotopic (exact) mass is 423 g/mol. The zero-order valence-corrected chi connectivity index (χ0v) is 18.2. The van der Waals surface area contributed by atoms with Gasteiger partial charge in [-0.1, -0.05) is 23.9 Å². The minimum absolute atomic E-state index is 0.0340. The lowest BCUT2D eigenvalue weighted by Crippen LogP contribution is -2.25. The van der Waals surface area contributed by atoms with E-state index in [-0.39, 0.29) is 16.9 Å². The van der Waals surface area contributed by atoms with Crippen LogP contribution in [-0.4, -0.2) is 46.8 Å². The molecule has 0 aliphatic carbocycles. The molecule has 0 saturated heterocycles. The Morgan fingerprint density at radius 1 is 1.23 bits per heavy atom. The lowest BCUT2D eigenvalue weighted by Gasteiger charge is -2.16. The van der Waals surface area contributed by atoms with E-state index in [4.69, 9.17) is 9.72 Å². The van der Waals surface area contributed by atoms with Crippen molar-refractivity contribution in [3.63, 3.8) is 0 Å². The van der Waals surface area contributed by atoms with Gasteiger partial charge < -0.3 is 14.2 Å². The molecule has 0 unspecified atom stereocenters. The molecule has 1 aliphatic rings. The van der Waals surface area contributed by atoms with Crippen molar-refractivity contribution in [2.75, 3.05) is 25.2 Å². The van der Waals surface area contributed by atoms with E-state index in [0.717, 1.165) is 33.9 Å². The standard InChI is InChI=1S/C23H25N3O3S/c1-15(22(28)18-8-9-20-17(14-18)10-11-25(20)16(2)27)30-23-24-19-6-4-5-7-21(19)26(23)12-13-29-3/h4-9,14-15H,10-13H2,1-3H3/t15-/m1/s1. The van der Waals surface area contributed by atoms with Gasteiger partial charge in [0.15, 0.2) is 10.9 Å². The number of methoxy groups -OCH3 is 1. The number of thioether (sulfide) groups is 1. The Morgan fingerprint density at radius 2 is 2.03 bits per heavy atom. The number of anilines is 1. The Balaban J connectivity index is 1.57. The molecule has 0 bridgehead atoms. The van der Waals surface area contributed by atoms with Crippen molar-refractivity contribution in [3.05, 3.63) is 53.6 Å². The molecule has 1 aliphatic heterocycles. The van der Waals surface area contributed by atoms with Gasteiger partial charge in [-0.15, -0.1) is 0 Å². The van der Waals surface area contributed by atoms with E-state index in [0.29, 0.717) is 25.3 Å². The maximum absolute atomic E-state index is 13.1. The molecule has 6 nitrogen and oxygen atoms in total. The molecule has 0 N–H and O–H groups in total. The highest BCUT2D eigenvalue weighted by molar-refractivity contribution is 8.00. The summed E-state index contributed by atoms with van der Waals surface area (Å²) in [7, 11) is 1.68. The first-order chi connectivity index (χ1) is 14.5. The molecule has 4 rings (SSSR count). The van der Waals surface area contributed by atoms with Gasteiger partial charge in [-0.05, 0) is 49.2 Å². The van der Waals surface area contributed by atoms with Crippen molar-refractivity contribution >= 4 is 40.2 Å². The molecule has 30 heavy (non-hydrogen) atoms. The first kappa shape index (κ1) is 20.6. The van der Waals surface area contributed by atoms with Crippen LogP contribution < -0.4 is 4.90 Å². The number of aromatic nitrogens is 2. The van der Waals surface area contributed by atoms with Crippen LogP contribution in [0.25, 0.3) is 11.0 Å². The quantitative estimate of drug-likeness (QED) is 0.425. The van der Waals surface area contributed by atoms with E-state index in [2.05, 4.69) is 4.57 Å². The van der Waals surface area contributed by atoms with Gasteiger partial charge in [0.05, 0.1) is 22.9 Å². The van der Waals surface area contributed by atoms with Crippen LogP contribution in [-0.2, 0) is 22.5 Å². The van der Waals surface area contributed by atoms with E-state index in [1.54, 1.807) is 18.9 Å². The third kappa shape index (κ3) is 3.87. The maximum Gasteiger partial charge on any atom is 0.223 e. The number of carbonyl (C=O) groups is 2. The summed E-state index contributed by atoms with van der Waals surface area (Å²) >= 11 is 1.47. The lowest BCUT2D eigenvalue weighted by atomic mass is 10.0. The van der Waals surface area contributed by atoms with Gasteiger partial charge in [0.2, 0.25) is 5.91 Å². The SMILES string of the molecule is COCCn1c(S[C@H](C)C(=O)c2ccc3c(c2)CCN3C(C)=O)nc2ccccc21. The Labute approximate surface area is 180 Å². The number of nitrogens with zero attached hydrogens (tertiary/aromatic N) is 3. The molecule has 156 valence electrons. The van der Waals surface area contributed by atoms with Crippen LogP contribution >= 0.6 is 11.8 Å². The summed E-state index contributed by atoms with van der Waals surface area (Å²) in [5, 5.41) is 0.532. The van der Waals surface area contributed by atoms with Crippen LogP contribution in [0, 0.1) is 0 Å². The van der Waals surface area contributed by atoms with Gasteiger partial charge in [0.25, 0.3) is 0 Å². The smallest absolute Gasteiger partial charge is 0.223 e. The van der Waals surface area contributed by atoms with Crippen LogP contribution in [0.3, 0.4) is 0 Å². The summed E-state index contributed by atoms with van der Waals surface area (Å²) in [4.78, 5) is 31.4. The van der Waals surface area contributed by atoms with E-state index < -0.39 is 0 Å².